The van der Waals surface area contributed by atoms with Crippen LogP contribution < -0.4 is 10.1 Å². The molecule has 0 heterocycles. The lowest BCUT2D eigenvalue weighted by Gasteiger charge is -2.14. The number of hydrogen-bond acceptors (Lipinski definition) is 2. The lowest BCUT2D eigenvalue weighted by molar-refractivity contribution is -0.118. The summed E-state index contributed by atoms with van der Waals surface area (Å²) in [6.45, 7) is 8.01. The van der Waals surface area contributed by atoms with Crippen LogP contribution in [0.25, 0.3) is 0 Å². The summed E-state index contributed by atoms with van der Waals surface area (Å²) in [5.41, 5.74) is 5.15. The summed E-state index contributed by atoms with van der Waals surface area (Å²) < 4.78 is 5.71. The van der Waals surface area contributed by atoms with E-state index < -0.39 is 0 Å². The van der Waals surface area contributed by atoms with Gasteiger partial charge < -0.3 is 10.1 Å². The third kappa shape index (κ3) is 3.63. The second kappa shape index (κ2) is 6.44. The maximum absolute atomic E-state index is 12.0. The Morgan fingerprint density at radius 2 is 1.62 bits per heavy atom. The molecular formula is C18H21NO2. The van der Waals surface area contributed by atoms with Gasteiger partial charge in [-0.15, -0.1) is 0 Å². The van der Waals surface area contributed by atoms with Crippen LogP contribution in [0.4, 0.5) is 5.69 Å². The summed E-state index contributed by atoms with van der Waals surface area (Å²) in [6.07, 6.45) is 0. The second-order valence-corrected chi connectivity index (χ2v) is 5.31. The largest absolute Gasteiger partial charge is 0.483 e. The molecule has 0 atom stereocenters. The molecule has 2 rings (SSSR count). The van der Waals surface area contributed by atoms with Gasteiger partial charge in [-0.1, -0.05) is 30.3 Å². The van der Waals surface area contributed by atoms with Crippen LogP contribution in [0.1, 0.15) is 22.3 Å². The summed E-state index contributed by atoms with van der Waals surface area (Å²) in [7, 11) is 0. The minimum absolute atomic E-state index is 0.0134. The number of aryl methyl sites for hydroxylation is 3. The summed E-state index contributed by atoms with van der Waals surface area (Å²) in [5, 5.41) is 2.87. The first-order valence-electron chi connectivity index (χ1n) is 7.04. The zero-order chi connectivity index (χ0) is 15.4. The summed E-state index contributed by atoms with van der Waals surface area (Å²) in [4.78, 5) is 12.0. The molecule has 0 aromatic heterocycles. The van der Waals surface area contributed by atoms with Crippen molar-refractivity contribution in [1.29, 1.82) is 0 Å². The van der Waals surface area contributed by atoms with Crippen LogP contribution in [0.2, 0.25) is 0 Å². The maximum atomic E-state index is 12.0. The zero-order valence-electron chi connectivity index (χ0n) is 13.0. The van der Waals surface area contributed by atoms with E-state index in [1.165, 1.54) is 0 Å². The first kappa shape index (κ1) is 15.1. The molecule has 0 spiro atoms. The topological polar surface area (TPSA) is 38.3 Å². The molecule has 0 saturated carbocycles. The highest BCUT2D eigenvalue weighted by molar-refractivity contribution is 5.92. The van der Waals surface area contributed by atoms with Crippen LogP contribution in [0.5, 0.6) is 5.75 Å². The van der Waals surface area contributed by atoms with Crippen LogP contribution in [0, 0.1) is 27.7 Å². The molecular weight excluding hydrogens is 262 g/mol. The number of benzene rings is 2. The van der Waals surface area contributed by atoms with Gasteiger partial charge in [-0.25, -0.2) is 0 Å². The van der Waals surface area contributed by atoms with Gasteiger partial charge in [-0.3, -0.25) is 4.79 Å². The molecule has 1 amide bonds. The van der Waals surface area contributed by atoms with Crippen LogP contribution in [0.15, 0.2) is 36.4 Å². The van der Waals surface area contributed by atoms with E-state index in [2.05, 4.69) is 11.4 Å². The molecule has 0 bridgehead atoms. The summed E-state index contributed by atoms with van der Waals surface area (Å²) in [6, 6.07) is 11.8. The van der Waals surface area contributed by atoms with Gasteiger partial charge in [0.25, 0.3) is 5.91 Å². The van der Waals surface area contributed by atoms with E-state index in [0.29, 0.717) is 0 Å². The number of para-hydroxylation sites is 1. The van der Waals surface area contributed by atoms with Crippen LogP contribution >= 0.6 is 0 Å². The van der Waals surface area contributed by atoms with Gasteiger partial charge in [-0.05, 0) is 56.0 Å². The Bertz CT molecular complexity index is 662. The second-order valence-electron chi connectivity index (χ2n) is 5.31. The van der Waals surface area contributed by atoms with E-state index >= 15 is 0 Å². The Hall–Kier alpha value is -2.29. The number of amides is 1. The Morgan fingerprint density at radius 1 is 0.952 bits per heavy atom. The van der Waals surface area contributed by atoms with Crippen LogP contribution in [-0.4, -0.2) is 12.5 Å². The van der Waals surface area contributed by atoms with Gasteiger partial charge in [0.15, 0.2) is 6.61 Å². The van der Waals surface area contributed by atoms with Gasteiger partial charge in [-0.2, -0.15) is 0 Å². The molecule has 110 valence electrons. The zero-order valence-corrected chi connectivity index (χ0v) is 13.0. The van der Waals surface area contributed by atoms with Crippen molar-refractivity contribution >= 4 is 11.6 Å². The lowest BCUT2D eigenvalue weighted by Crippen LogP contribution is -2.21. The van der Waals surface area contributed by atoms with Crippen LogP contribution in [-0.2, 0) is 4.79 Å². The molecule has 0 unspecified atom stereocenters. The number of hydrogen-bond donors (Lipinski definition) is 1. The van der Waals surface area contributed by atoms with Gasteiger partial charge in [0.2, 0.25) is 0 Å². The normalized spacial score (nSPS) is 10.3. The molecule has 0 radical (unpaired) electrons. The van der Waals surface area contributed by atoms with E-state index in [1.807, 2.05) is 58.0 Å². The van der Waals surface area contributed by atoms with Crippen LogP contribution in [0.3, 0.4) is 0 Å². The predicted molar refractivity (Wildman–Crippen MR) is 86.0 cm³/mol. The fourth-order valence-corrected chi connectivity index (χ4v) is 2.18. The van der Waals surface area contributed by atoms with E-state index in [9.17, 15) is 4.79 Å². The Morgan fingerprint density at radius 3 is 2.33 bits per heavy atom. The first-order chi connectivity index (χ1) is 9.99. The minimum atomic E-state index is -0.149. The summed E-state index contributed by atoms with van der Waals surface area (Å²) in [5.74, 6) is 0.652. The lowest BCUT2D eigenvalue weighted by atomic mass is 10.1. The fraction of sp³-hybridized carbons (Fsp3) is 0.278. The fourth-order valence-electron chi connectivity index (χ4n) is 2.18. The molecule has 3 heteroatoms. The molecule has 2 aromatic carbocycles. The highest BCUT2D eigenvalue weighted by Crippen LogP contribution is 2.25. The van der Waals surface area contributed by atoms with Gasteiger partial charge >= 0.3 is 0 Å². The standard InChI is InChI=1S/C18H21NO2/c1-12-9-10-14(3)18(15(12)4)21-11-17(20)19-16-8-6-5-7-13(16)2/h5-10H,11H2,1-4H3,(H,19,20). The highest BCUT2D eigenvalue weighted by Gasteiger charge is 2.10. The van der Waals surface area contributed by atoms with Gasteiger partial charge in [0.05, 0.1) is 0 Å². The number of carbonyl (C=O) groups is 1. The highest BCUT2D eigenvalue weighted by atomic mass is 16.5. The third-order valence-electron chi connectivity index (χ3n) is 3.64. The first-order valence-corrected chi connectivity index (χ1v) is 7.04. The average Bonchev–Trinajstić information content (AvgIpc) is 2.45. The van der Waals surface area contributed by atoms with E-state index in [1.54, 1.807) is 0 Å². The Balaban J connectivity index is 2.02. The number of nitrogens with one attached hydrogen (secondary N) is 1. The minimum Gasteiger partial charge on any atom is -0.483 e. The van der Waals surface area contributed by atoms with Crippen molar-refractivity contribution in [1.82, 2.24) is 0 Å². The Labute approximate surface area is 126 Å². The van der Waals surface area contributed by atoms with Crippen molar-refractivity contribution in [2.24, 2.45) is 0 Å². The van der Waals surface area contributed by atoms with E-state index in [4.69, 9.17) is 4.74 Å². The van der Waals surface area contributed by atoms with Crippen molar-refractivity contribution < 1.29 is 9.53 Å². The molecule has 2 aromatic rings. The summed E-state index contributed by atoms with van der Waals surface area (Å²) >= 11 is 0. The van der Waals surface area contributed by atoms with Crippen molar-refractivity contribution in [3.05, 3.63) is 58.7 Å². The number of rotatable bonds is 4. The van der Waals surface area contributed by atoms with Gasteiger partial charge in [0, 0.05) is 5.69 Å². The molecule has 3 nitrogen and oxygen atoms in total. The SMILES string of the molecule is Cc1ccccc1NC(=O)COc1c(C)ccc(C)c1C. The predicted octanol–water partition coefficient (Wildman–Crippen LogP) is 3.94. The van der Waals surface area contributed by atoms with Crippen molar-refractivity contribution in [3.63, 3.8) is 0 Å². The average molecular weight is 283 g/mol. The molecule has 0 fully saturated rings. The Kier molecular flexibility index (Phi) is 4.63. The van der Waals surface area contributed by atoms with Crippen molar-refractivity contribution in [2.75, 3.05) is 11.9 Å². The number of carbonyl (C=O) groups excluding carboxylic acids is 1. The quantitative estimate of drug-likeness (QED) is 0.923. The van der Waals surface area contributed by atoms with Crippen molar-refractivity contribution in [2.45, 2.75) is 27.7 Å². The smallest absolute Gasteiger partial charge is 0.262 e. The number of ether oxygens (including phenoxy) is 1. The van der Waals surface area contributed by atoms with E-state index in [0.717, 1.165) is 33.7 Å². The third-order valence-corrected chi connectivity index (χ3v) is 3.64. The van der Waals surface area contributed by atoms with E-state index in [-0.39, 0.29) is 12.5 Å². The molecule has 0 aliphatic rings. The van der Waals surface area contributed by atoms with Gasteiger partial charge in [0.1, 0.15) is 5.75 Å². The van der Waals surface area contributed by atoms with Crippen molar-refractivity contribution in [3.8, 4) is 5.75 Å². The maximum Gasteiger partial charge on any atom is 0.262 e. The number of anilines is 1. The monoisotopic (exact) mass is 283 g/mol. The molecule has 0 saturated heterocycles. The molecule has 0 aliphatic heterocycles. The molecule has 1 N–H and O–H groups in total. The molecule has 0 aliphatic carbocycles. The molecule has 21 heavy (non-hydrogen) atoms.